The van der Waals surface area contributed by atoms with Gasteiger partial charge in [0.25, 0.3) is 5.91 Å². The van der Waals surface area contributed by atoms with Gasteiger partial charge in [0.05, 0.1) is 6.26 Å². The molecule has 1 fully saturated rings. The van der Waals surface area contributed by atoms with Crippen molar-refractivity contribution in [2.24, 2.45) is 0 Å². The molecule has 0 saturated carbocycles. The second-order valence-corrected chi connectivity index (χ2v) is 9.84. The highest BCUT2D eigenvalue weighted by Gasteiger charge is 2.26. The number of carbonyl (C=O) groups is 1. The molecule has 29 heavy (non-hydrogen) atoms. The van der Waals surface area contributed by atoms with E-state index in [-0.39, 0.29) is 18.1 Å². The van der Waals surface area contributed by atoms with Gasteiger partial charge in [0, 0.05) is 24.7 Å². The van der Waals surface area contributed by atoms with Gasteiger partial charge in [0.1, 0.15) is 11.9 Å². The summed E-state index contributed by atoms with van der Waals surface area (Å²) in [5, 5.41) is 3.13. The van der Waals surface area contributed by atoms with Crippen LogP contribution in [0.25, 0.3) is 0 Å². The van der Waals surface area contributed by atoms with Crippen molar-refractivity contribution in [3.8, 4) is 5.75 Å². The first-order chi connectivity index (χ1) is 13.9. The Hall–Kier alpha value is -2.38. The molecule has 154 valence electrons. The number of hydrogen-bond acceptors (Lipinski definition) is 4. The molecular formula is C22H26N2O4S. The molecule has 7 heteroatoms. The lowest BCUT2D eigenvalue weighted by Crippen LogP contribution is -2.41. The third-order valence-corrected chi connectivity index (χ3v) is 6.96. The lowest BCUT2D eigenvalue weighted by atomic mass is 10.1. The highest BCUT2D eigenvalue weighted by molar-refractivity contribution is 7.88. The number of nitrogens with zero attached hydrogens (tertiary/aromatic N) is 1. The van der Waals surface area contributed by atoms with Crippen LogP contribution in [0.5, 0.6) is 5.75 Å². The first-order valence-corrected chi connectivity index (χ1v) is 11.8. The van der Waals surface area contributed by atoms with Crippen LogP contribution in [-0.2, 0) is 22.9 Å². The van der Waals surface area contributed by atoms with Crippen LogP contribution in [0.4, 0.5) is 0 Å². The number of benzene rings is 2. The Labute approximate surface area is 171 Å². The number of nitrogens with one attached hydrogen (secondary N) is 1. The summed E-state index contributed by atoms with van der Waals surface area (Å²) in [5.74, 6) is 0.547. The SMILES string of the molecule is CS(=O)(=O)N1CCC(Oc2cccc(C(=O)NC3Cc4ccccc4C3)c2)CC1. The van der Waals surface area contributed by atoms with E-state index in [2.05, 4.69) is 17.4 Å². The van der Waals surface area contributed by atoms with Gasteiger partial charge < -0.3 is 10.1 Å². The van der Waals surface area contributed by atoms with Crippen molar-refractivity contribution in [3.05, 3.63) is 65.2 Å². The van der Waals surface area contributed by atoms with E-state index in [0.29, 0.717) is 37.2 Å². The molecule has 2 aromatic carbocycles. The van der Waals surface area contributed by atoms with Crippen LogP contribution in [0.3, 0.4) is 0 Å². The lowest BCUT2D eigenvalue weighted by molar-refractivity contribution is 0.0936. The van der Waals surface area contributed by atoms with Crippen LogP contribution in [0.1, 0.15) is 34.3 Å². The fourth-order valence-corrected chi connectivity index (χ4v) is 4.99. The topological polar surface area (TPSA) is 75.7 Å². The molecule has 2 aromatic rings. The van der Waals surface area contributed by atoms with Crippen molar-refractivity contribution in [2.75, 3.05) is 19.3 Å². The number of piperidine rings is 1. The van der Waals surface area contributed by atoms with E-state index in [0.717, 1.165) is 12.8 Å². The van der Waals surface area contributed by atoms with Crippen molar-refractivity contribution in [2.45, 2.75) is 37.8 Å². The quantitative estimate of drug-likeness (QED) is 0.815. The fourth-order valence-electron chi connectivity index (χ4n) is 4.11. The van der Waals surface area contributed by atoms with Crippen LogP contribution >= 0.6 is 0 Å². The van der Waals surface area contributed by atoms with Crippen LogP contribution in [0, 0.1) is 0 Å². The minimum atomic E-state index is -3.15. The molecule has 4 rings (SSSR count). The Balaban J connectivity index is 1.34. The number of carbonyl (C=O) groups excluding carboxylic acids is 1. The number of ether oxygens (including phenoxy) is 1. The number of sulfonamides is 1. The monoisotopic (exact) mass is 414 g/mol. The van der Waals surface area contributed by atoms with Crippen LogP contribution in [-0.4, -0.2) is 50.1 Å². The molecule has 1 aliphatic carbocycles. The Morgan fingerprint density at radius 3 is 2.31 bits per heavy atom. The molecule has 1 heterocycles. The van der Waals surface area contributed by atoms with E-state index in [1.807, 2.05) is 24.3 Å². The zero-order valence-corrected chi connectivity index (χ0v) is 17.3. The summed E-state index contributed by atoms with van der Waals surface area (Å²) >= 11 is 0. The smallest absolute Gasteiger partial charge is 0.251 e. The molecule has 1 amide bonds. The molecule has 0 bridgehead atoms. The van der Waals surface area contributed by atoms with Gasteiger partial charge >= 0.3 is 0 Å². The second kappa shape index (κ2) is 8.16. The fraction of sp³-hybridized carbons (Fsp3) is 0.409. The van der Waals surface area contributed by atoms with Gasteiger partial charge in [0.15, 0.2) is 0 Å². The van der Waals surface area contributed by atoms with Crippen molar-refractivity contribution in [3.63, 3.8) is 0 Å². The first kappa shape index (κ1) is 19.9. The van der Waals surface area contributed by atoms with E-state index < -0.39 is 10.0 Å². The second-order valence-electron chi connectivity index (χ2n) is 7.85. The van der Waals surface area contributed by atoms with E-state index in [1.165, 1.54) is 21.7 Å². The Morgan fingerprint density at radius 1 is 1.03 bits per heavy atom. The van der Waals surface area contributed by atoms with Gasteiger partial charge in [-0.3, -0.25) is 4.79 Å². The van der Waals surface area contributed by atoms with Crippen LogP contribution < -0.4 is 10.1 Å². The molecule has 1 aliphatic heterocycles. The maximum absolute atomic E-state index is 12.7. The lowest BCUT2D eigenvalue weighted by Gasteiger charge is -2.30. The highest BCUT2D eigenvalue weighted by Crippen LogP contribution is 2.23. The predicted octanol–water partition coefficient (Wildman–Crippen LogP) is 2.39. The minimum absolute atomic E-state index is 0.0457. The summed E-state index contributed by atoms with van der Waals surface area (Å²) in [4.78, 5) is 12.7. The standard InChI is InChI=1S/C22H26N2O4S/c1-29(26,27)24-11-9-20(10-12-24)28-21-8-4-7-18(15-21)22(25)23-19-13-16-5-2-3-6-17(16)14-19/h2-8,15,19-20H,9-14H2,1H3,(H,23,25). The number of rotatable bonds is 5. The zero-order valence-electron chi connectivity index (χ0n) is 16.5. The largest absolute Gasteiger partial charge is 0.490 e. The van der Waals surface area contributed by atoms with Gasteiger partial charge in [-0.2, -0.15) is 0 Å². The van der Waals surface area contributed by atoms with Gasteiger partial charge in [-0.1, -0.05) is 30.3 Å². The number of fused-ring (bicyclic) bond motifs is 1. The zero-order chi connectivity index (χ0) is 20.4. The summed E-state index contributed by atoms with van der Waals surface area (Å²) in [6.45, 7) is 0.928. The Kier molecular flexibility index (Phi) is 5.61. The van der Waals surface area contributed by atoms with E-state index >= 15 is 0 Å². The molecule has 6 nitrogen and oxygen atoms in total. The van der Waals surface area contributed by atoms with Crippen molar-refractivity contribution in [1.29, 1.82) is 0 Å². The van der Waals surface area contributed by atoms with Crippen molar-refractivity contribution >= 4 is 15.9 Å². The third kappa shape index (κ3) is 4.79. The molecule has 0 aromatic heterocycles. The molecule has 0 atom stereocenters. The summed E-state index contributed by atoms with van der Waals surface area (Å²) < 4.78 is 30.8. The van der Waals surface area contributed by atoms with Gasteiger partial charge in [-0.05, 0) is 55.0 Å². The van der Waals surface area contributed by atoms with Crippen LogP contribution in [0.2, 0.25) is 0 Å². The average molecular weight is 415 g/mol. The summed E-state index contributed by atoms with van der Waals surface area (Å²) in [6, 6.07) is 15.6. The van der Waals surface area contributed by atoms with Crippen molar-refractivity contribution < 1.29 is 17.9 Å². The molecule has 1 N–H and O–H groups in total. The van der Waals surface area contributed by atoms with E-state index in [4.69, 9.17) is 4.74 Å². The number of hydrogen-bond donors (Lipinski definition) is 1. The summed E-state index contributed by atoms with van der Waals surface area (Å²) in [6.07, 6.45) is 4.19. The molecular weight excluding hydrogens is 388 g/mol. The average Bonchev–Trinajstić information content (AvgIpc) is 3.10. The Morgan fingerprint density at radius 2 is 1.69 bits per heavy atom. The minimum Gasteiger partial charge on any atom is -0.490 e. The maximum atomic E-state index is 12.7. The third-order valence-electron chi connectivity index (χ3n) is 5.66. The predicted molar refractivity (Wildman–Crippen MR) is 112 cm³/mol. The normalized spacial score (nSPS) is 18.4. The summed E-state index contributed by atoms with van der Waals surface area (Å²) in [5.41, 5.74) is 3.18. The number of amides is 1. The maximum Gasteiger partial charge on any atom is 0.251 e. The van der Waals surface area contributed by atoms with Crippen LogP contribution in [0.15, 0.2) is 48.5 Å². The molecule has 2 aliphatic rings. The molecule has 1 saturated heterocycles. The summed E-state index contributed by atoms with van der Waals surface area (Å²) in [7, 11) is -3.15. The van der Waals surface area contributed by atoms with E-state index in [9.17, 15) is 13.2 Å². The molecule has 0 radical (unpaired) electrons. The van der Waals surface area contributed by atoms with E-state index in [1.54, 1.807) is 12.1 Å². The Bertz CT molecular complexity index is 972. The highest BCUT2D eigenvalue weighted by atomic mass is 32.2. The first-order valence-electron chi connectivity index (χ1n) is 9.98. The van der Waals surface area contributed by atoms with Gasteiger partial charge in [0.2, 0.25) is 10.0 Å². The molecule has 0 spiro atoms. The van der Waals surface area contributed by atoms with Gasteiger partial charge in [-0.15, -0.1) is 0 Å². The van der Waals surface area contributed by atoms with Gasteiger partial charge in [-0.25, -0.2) is 12.7 Å². The van der Waals surface area contributed by atoms with Crippen molar-refractivity contribution in [1.82, 2.24) is 9.62 Å². The molecule has 0 unspecified atom stereocenters.